The van der Waals surface area contributed by atoms with Gasteiger partial charge in [0.25, 0.3) is 5.84 Å². The van der Waals surface area contributed by atoms with E-state index in [1.54, 1.807) is 0 Å². The van der Waals surface area contributed by atoms with Gasteiger partial charge in [0.2, 0.25) is 0 Å². The summed E-state index contributed by atoms with van der Waals surface area (Å²) in [6.45, 7) is 4.42. The van der Waals surface area contributed by atoms with E-state index in [0.29, 0.717) is 0 Å². The average Bonchev–Trinajstić information content (AvgIpc) is 3.28. The van der Waals surface area contributed by atoms with Crippen LogP contribution in [0.25, 0.3) is 38.6 Å². The third-order valence-corrected chi connectivity index (χ3v) is 7.78. The van der Waals surface area contributed by atoms with Crippen molar-refractivity contribution in [3.63, 3.8) is 0 Å². The summed E-state index contributed by atoms with van der Waals surface area (Å²) in [7, 11) is 2.18. The Bertz CT molecular complexity index is 1870. The number of aryl methyl sites for hydroxylation is 1. The van der Waals surface area contributed by atoms with E-state index in [2.05, 4.69) is 150 Å². The van der Waals surface area contributed by atoms with Crippen molar-refractivity contribution in [2.24, 2.45) is 0 Å². The second-order valence-electron chi connectivity index (χ2n) is 9.79. The molecular weight excluding hydrogens is 450 g/mol. The summed E-state index contributed by atoms with van der Waals surface area (Å²) in [5, 5.41) is 2.52. The third-order valence-electron chi connectivity index (χ3n) is 7.78. The summed E-state index contributed by atoms with van der Waals surface area (Å²) in [6.07, 6.45) is 0. The molecule has 0 unspecified atom stereocenters. The van der Waals surface area contributed by atoms with Gasteiger partial charge in [-0.2, -0.15) is 4.90 Å². The van der Waals surface area contributed by atoms with Gasteiger partial charge in [0.15, 0.2) is 5.69 Å². The quantitative estimate of drug-likeness (QED) is 0.215. The van der Waals surface area contributed by atoms with Crippen LogP contribution in [0.2, 0.25) is 0 Å². The molecule has 0 amide bonds. The van der Waals surface area contributed by atoms with Gasteiger partial charge < -0.3 is 4.57 Å². The molecule has 0 spiro atoms. The number of nitrogens with zero attached hydrogens (tertiary/aromatic N) is 3. The van der Waals surface area contributed by atoms with Crippen molar-refractivity contribution >= 4 is 44.7 Å². The van der Waals surface area contributed by atoms with Crippen molar-refractivity contribution in [3.8, 4) is 16.8 Å². The van der Waals surface area contributed by atoms with Crippen molar-refractivity contribution in [1.82, 2.24) is 4.57 Å². The minimum absolute atomic E-state index is 1.14. The molecule has 7 rings (SSSR count). The first-order valence-electron chi connectivity index (χ1n) is 12.8. The maximum Gasteiger partial charge on any atom is 0.259 e. The number of benzene rings is 5. The van der Waals surface area contributed by atoms with Gasteiger partial charge in [-0.25, -0.2) is 4.58 Å². The van der Waals surface area contributed by atoms with Crippen LogP contribution in [0.15, 0.2) is 115 Å². The molecule has 1 aliphatic heterocycles. The highest BCUT2D eigenvalue weighted by Crippen LogP contribution is 2.44. The summed E-state index contributed by atoms with van der Waals surface area (Å²) >= 11 is 0. The largest absolute Gasteiger partial charge is 0.305 e. The molecule has 0 radical (unpaired) electrons. The Balaban J connectivity index is 1.76. The SMILES string of the molecule is CC1=[N+](C)c2ccccc2-c2ccccc2-n2c3ccccc3c3cccc(c32)N1c1ccccc1C. The fraction of sp³-hybridized carbons (Fsp3) is 0.0882. The number of hydrogen-bond acceptors (Lipinski definition) is 1. The molecular formula is C34H28N3+. The number of fused-ring (bicyclic) bond motifs is 7. The van der Waals surface area contributed by atoms with Crippen LogP contribution < -0.4 is 4.90 Å². The zero-order valence-corrected chi connectivity index (χ0v) is 21.3. The maximum absolute atomic E-state index is 2.47. The number of rotatable bonds is 1. The van der Waals surface area contributed by atoms with E-state index in [-0.39, 0.29) is 0 Å². The van der Waals surface area contributed by atoms with E-state index in [9.17, 15) is 0 Å². The molecule has 3 heteroatoms. The molecule has 0 N–H and O–H groups in total. The molecule has 1 aromatic heterocycles. The first-order valence-corrected chi connectivity index (χ1v) is 12.8. The van der Waals surface area contributed by atoms with Crippen molar-refractivity contribution in [3.05, 3.63) is 121 Å². The first-order chi connectivity index (χ1) is 18.1. The topological polar surface area (TPSA) is 11.2 Å². The summed E-state index contributed by atoms with van der Waals surface area (Å²) in [5.74, 6) is 1.14. The van der Waals surface area contributed by atoms with E-state index in [4.69, 9.17) is 0 Å². The van der Waals surface area contributed by atoms with Crippen LogP contribution in [-0.2, 0) is 0 Å². The minimum Gasteiger partial charge on any atom is -0.305 e. The summed E-state index contributed by atoms with van der Waals surface area (Å²) in [4.78, 5) is 2.43. The molecule has 0 aliphatic carbocycles. The number of anilines is 2. The van der Waals surface area contributed by atoms with Crippen LogP contribution in [0.5, 0.6) is 0 Å². The second-order valence-corrected chi connectivity index (χ2v) is 9.79. The fourth-order valence-electron chi connectivity index (χ4n) is 5.94. The van der Waals surface area contributed by atoms with Crippen molar-refractivity contribution in [2.75, 3.05) is 11.9 Å². The number of aromatic nitrogens is 1. The van der Waals surface area contributed by atoms with Crippen LogP contribution in [0.1, 0.15) is 12.5 Å². The Hall–Kier alpha value is -4.63. The van der Waals surface area contributed by atoms with E-state index >= 15 is 0 Å². The molecule has 178 valence electrons. The number of amidine groups is 1. The summed E-state index contributed by atoms with van der Waals surface area (Å²) in [6, 6.07) is 41.7. The molecule has 1 aliphatic rings. The molecule has 3 nitrogen and oxygen atoms in total. The Labute approximate surface area is 217 Å². The molecule has 2 heterocycles. The van der Waals surface area contributed by atoms with E-state index in [0.717, 1.165) is 5.84 Å². The predicted molar refractivity (Wildman–Crippen MR) is 156 cm³/mol. The molecule has 5 aromatic carbocycles. The average molecular weight is 479 g/mol. The Morgan fingerprint density at radius 1 is 0.541 bits per heavy atom. The van der Waals surface area contributed by atoms with Crippen LogP contribution >= 0.6 is 0 Å². The van der Waals surface area contributed by atoms with Crippen LogP contribution in [0, 0.1) is 6.92 Å². The molecule has 0 saturated carbocycles. The smallest absolute Gasteiger partial charge is 0.259 e. The number of hydrogen-bond donors (Lipinski definition) is 0. The van der Waals surface area contributed by atoms with E-state index < -0.39 is 0 Å². The summed E-state index contributed by atoms with van der Waals surface area (Å²) in [5.41, 5.74) is 10.8. The summed E-state index contributed by atoms with van der Waals surface area (Å²) < 4.78 is 4.80. The van der Waals surface area contributed by atoms with Gasteiger partial charge in [-0.05, 0) is 42.8 Å². The molecule has 6 aromatic rings. The second kappa shape index (κ2) is 8.21. The highest BCUT2D eigenvalue weighted by atomic mass is 15.3. The van der Waals surface area contributed by atoms with Gasteiger partial charge in [-0.3, -0.25) is 0 Å². The van der Waals surface area contributed by atoms with Crippen LogP contribution in [-0.4, -0.2) is 22.0 Å². The highest BCUT2D eigenvalue weighted by Gasteiger charge is 2.31. The Morgan fingerprint density at radius 2 is 1.16 bits per heavy atom. The lowest BCUT2D eigenvalue weighted by Gasteiger charge is -2.25. The molecule has 37 heavy (non-hydrogen) atoms. The normalized spacial score (nSPS) is 13.1. The molecule has 0 bridgehead atoms. The zero-order valence-electron chi connectivity index (χ0n) is 21.3. The van der Waals surface area contributed by atoms with Gasteiger partial charge >= 0.3 is 0 Å². The van der Waals surface area contributed by atoms with Gasteiger partial charge in [-0.1, -0.05) is 84.9 Å². The monoisotopic (exact) mass is 478 g/mol. The highest BCUT2D eigenvalue weighted by molar-refractivity contribution is 6.17. The van der Waals surface area contributed by atoms with Gasteiger partial charge in [0, 0.05) is 28.8 Å². The van der Waals surface area contributed by atoms with Crippen LogP contribution in [0.4, 0.5) is 17.1 Å². The van der Waals surface area contributed by atoms with E-state index in [1.165, 1.54) is 61.2 Å². The third kappa shape index (κ3) is 3.10. The van der Waals surface area contributed by atoms with Gasteiger partial charge in [-0.15, -0.1) is 0 Å². The lowest BCUT2D eigenvalue weighted by Crippen LogP contribution is -2.31. The van der Waals surface area contributed by atoms with E-state index in [1.807, 2.05) is 0 Å². The molecule has 0 fully saturated rings. The first kappa shape index (κ1) is 21.6. The van der Waals surface area contributed by atoms with Crippen molar-refractivity contribution < 1.29 is 4.58 Å². The van der Waals surface area contributed by atoms with Crippen LogP contribution in [0.3, 0.4) is 0 Å². The molecule has 0 saturated heterocycles. The van der Waals surface area contributed by atoms with Gasteiger partial charge in [0.1, 0.15) is 16.9 Å². The zero-order chi connectivity index (χ0) is 25.1. The maximum atomic E-state index is 2.47. The standard InChI is InChI=1S/C34H28N3/c1-23-13-4-8-18-29(23)36-24(2)35(3)30-19-9-5-14-25(30)26-15-6-10-20-31(26)37-32-21-11-7-16-27(32)28-17-12-22-33(36)34(28)37/h4-22H,1-3H3/q+1. The lowest BCUT2D eigenvalue weighted by molar-refractivity contribution is -0.405. The molecule has 0 atom stereocenters. The predicted octanol–water partition coefficient (Wildman–Crippen LogP) is 8.60. The van der Waals surface area contributed by atoms with Crippen molar-refractivity contribution in [2.45, 2.75) is 13.8 Å². The fourth-order valence-corrected chi connectivity index (χ4v) is 5.94. The lowest BCUT2D eigenvalue weighted by atomic mass is 10.0. The minimum atomic E-state index is 1.14. The van der Waals surface area contributed by atoms with Gasteiger partial charge in [0.05, 0.1) is 18.3 Å². The Morgan fingerprint density at radius 3 is 2.00 bits per heavy atom. The Kier molecular flexibility index (Phi) is 4.80. The van der Waals surface area contributed by atoms with Crippen molar-refractivity contribution in [1.29, 1.82) is 0 Å². The number of para-hydroxylation sites is 5.